The fourth-order valence-electron chi connectivity index (χ4n) is 6.48. The number of rotatable bonds is 10. The summed E-state index contributed by atoms with van der Waals surface area (Å²) in [6.45, 7) is 3.54. The molecule has 4 aromatic carbocycles. The van der Waals surface area contributed by atoms with Crippen LogP contribution in [0.1, 0.15) is 54.5 Å². The number of piperidine rings is 1. The van der Waals surface area contributed by atoms with E-state index in [1.54, 1.807) is 18.2 Å². The third kappa shape index (κ3) is 7.56. The first-order chi connectivity index (χ1) is 21.7. The first-order valence-corrected chi connectivity index (χ1v) is 17.2. The molecule has 1 fully saturated rings. The summed E-state index contributed by atoms with van der Waals surface area (Å²) in [6, 6.07) is 28.0. The number of carbonyl (C=O) groups is 1. The number of fused-ring (bicyclic) bond motifs is 2. The normalized spacial score (nSPS) is 18.3. The van der Waals surface area contributed by atoms with Crippen LogP contribution < -0.4 is 14.8 Å². The van der Waals surface area contributed by atoms with Gasteiger partial charge in [-0.1, -0.05) is 72.8 Å². The fraction of sp³-hybridized carbons (Fsp3) is 0.361. The van der Waals surface area contributed by atoms with Crippen molar-refractivity contribution in [1.82, 2.24) is 19.8 Å². The largest absolute Gasteiger partial charge is 0.493 e. The van der Waals surface area contributed by atoms with Gasteiger partial charge in [0, 0.05) is 31.0 Å². The second kappa shape index (κ2) is 13.7. The number of benzene rings is 4. The van der Waals surface area contributed by atoms with Crippen LogP contribution in [0.15, 0.2) is 95.9 Å². The first kappa shape index (κ1) is 31.2. The Labute approximate surface area is 266 Å². The molecule has 1 saturated heterocycles. The number of hydrogen-bond donors (Lipinski definition) is 2. The van der Waals surface area contributed by atoms with Crippen molar-refractivity contribution in [2.24, 2.45) is 0 Å². The van der Waals surface area contributed by atoms with Gasteiger partial charge in [0.2, 0.25) is 15.9 Å². The second-order valence-electron chi connectivity index (χ2n) is 12.4. The number of hydrogen-bond acceptors (Lipinski definition) is 6. The summed E-state index contributed by atoms with van der Waals surface area (Å²) < 4.78 is 36.0. The summed E-state index contributed by atoms with van der Waals surface area (Å²) in [7, 11) is 0.404. The number of amides is 1. The number of likely N-dealkylation sites (tertiary alicyclic amines) is 1. The Morgan fingerprint density at radius 1 is 0.911 bits per heavy atom. The molecule has 1 amide bonds. The van der Waals surface area contributed by atoms with Gasteiger partial charge in [-0.15, -0.1) is 0 Å². The topological polar surface area (TPSA) is 91.0 Å². The van der Waals surface area contributed by atoms with Crippen molar-refractivity contribution in [1.29, 1.82) is 0 Å². The predicted molar refractivity (Wildman–Crippen MR) is 177 cm³/mol. The van der Waals surface area contributed by atoms with Gasteiger partial charge in [0.1, 0.15) is 5.75 Å². The molecule has 236 valence electrons. The van der Waals surface area contributed by atoms with E-state index in [1.165, 1.54) is 18.4 Å². The van der Waals surface area contributed by atoms with E-state index in [0.717, 1.165) is 47.3 Å². The third-order valence-corrected chi connectivity index (χ3v) is 10.5. The average molecular weight is 627 g/mol. The van der Waals surface area contributed by atoms with Gasteiger partial charge < -0.3 is 15.0 Å². The van der Waals surface area contributed by atoms with Crippen molar-refractivity contribution in [2.75, 3.05) is 33.8 Å². The van der Waals surface area contributed by atoms with Crippen LogP contribution >= 0.6 is 0 Å². The lowest BCUT2D eigenvalue weighted by Gasteiger charge is -2.35. The van der Waals surface area contributed by atoms with Gasteiger partial charge in [0.25, 0.3) is 0 Å². The maximum Gasteiger partial charge on any atom is 0.241 e. The molecule has 9 heteroatoms. The van der Waals surface area contributed by atoms with Gasteiger partial charge in [-0.25, -0.2) is 13.1 Å². The lowest BCUT2D eigenvalue weighted by molar-refractivity contribution is -0.122. The van der Waals surface area contributed by atoms with E-state index in [2.05, 4.69) is 52.1 Å². The smallest absolute Gasteiger partial charge is 0.241 e. The van der Waals surface area contributed by atoms with E-state index in [4.69, 9.17) is 4.74 Å². The Balaban J connectivity index is 1.13. The van der Waals surface area contributed by atoms with E-state index in [-0.39, 0.29) is 23.3 Å². The molecule has 2 aliphatic rings. The highest BCUT2D eigenvalue weighted by Gasteiger charge is 2.28. The molecular formula is C36H42N4O4S. The number of carbonyl (C=O) groups excluding carboxylic acids is 1. The van der Waals surface area contributed by atoms with Crippen molar-refractivity contribution in [3.63, 3.8) is 0 Å². The van der Waals surface area contributed by atoms with Crippen LogP contribution in [0.3, 0.4) is 0 Å². The first-order valence-electron chi connectivity index (χ1n) is 15.7. The fourth-order valence-corrected chi connectivity index (χ4v) is 7.74. The molecule has 2 heterocycles. The van der Waals surface area contributed by atoms with Gasteiger partial charge in [-0.2, -0.15) is 0 Å². The molecular weight excluding hydrogens is 584 g/mol. The molecule has 0 spiro atoms. The average Bonchev–Trinajstić information content (AvgIpc) is 3.05. The molecule has 0 saturated carbocycles. The summed E-state index contributed by atoms with van der Waals surface area (Å²) in [5.41, 5.74) is 2.89. The van der Waals surface area contributed by atoms with E-state index >= 15 is 0 Å². The minimum atomic E-state index is -3.91. The molecule has 1 unspecified atom stereocenters. The molecule has 0 aliphatic carbocycles. The minimum absolute atomic E-state index is 0.0372. The Morgan fingerprint density at radius 3 is 2.40 bits per heavy atom. The van der Waals surface area contributed by atoms with E-state index in [1.807, 2.05) is 54.6 Å². The van der Waals surface area contributed by atoms with Crippen LogP contribution in [0.2, 0.25) is 0 Å². The van der Waals surface area contributed by atoms with E-state index in [9.17, 15) is 13.2 Å². The van der Waals surface area contributed by atoms with Crippen molar-refractivity contribution in [3.05, 3.63) is 108 Å². The van der Waals surface area contributed by atoms with Crippen molar-refractivity contribution < 1.29 is 17.9 Å². The molecule has 45 heavy (non-hydrogen) atoms. The quantitative estimate of drug-likeness (QED) is 0.245. The highest BCUT2D eigenvalue weighted by molar-refractivity contribution is 7.89. The summed E-state index contributed by atoms with van der Waals surface area (Å²) in [5, 5.41) is 4.97. The maximum atomic E-state index is 13.6. The number of nitrogens with zero attached hydrogens (tertiary/aromatic N) is 2. The Bertz CT molecular complexity index is 1740. The monoisotopic (exact) mass is 626 g/mol. The standard InChI is InChI=1S/C36H42N4O4S/c1-39(2)30-16-19-40(20-17-30)25-26-12-15-32-33(18-21-44-35(32)22-26)37-36(41)24-34(28-9-4-3-5-10-28)38-45(42,43)31-14-13-27-8-6-7-11-29(27)23-31/h3-15,22-23,30,33-34,38H,16-21,24-25H2,1-2H3,(H,37,41)/t33?,34-/m1/s1. The SMILES string of the molecule is CN(C)C1CCN(Cc2ccc3c(c2)OCCC3NC(=O)C[C@@H](NS(=O)(=O)c2ccc3ccccc3c2)c2ccccc2)CC1. The van der Waals surface area contributed by atoms with Gasteiger partial charge in [-0.05, 0) is 80.1 Å². The van der Waals surface area contributed by atoms with Gasteiger partial charge >= 0.3 is 0 Å². The Hall–Kier alpha value is -3.76. The van der Waals surface area contributed by atoms with E-state index in [0.29, 0.717) is 19.1 Å². The van der Waals surface area contributed by atoms with Crippen molar-refractivity contribution >= 4 is 26.7 Å². The van der Waals surface area contributed by atoms with Crippen LogP contribution in [0.4, 0.5) is 0 Å². The Morgan fingerprint density at radius 2 is 1.64 bits per heavy atom. The molecule has 4 aromatic rings. The third-order valence-electron chi connectivity index (χ3n) is 9.07. The van der Waals surface area contributed by atoms with E-state index < -0.39 is 16.1 Å². The molecule has 2 N–H and O–H groups in total. The van der Waals surface area contributed by atoms with Gasteiger partial charge in [0.05, 0.1) is 23.6 Å². The van der Waals surface area contributed by atoms with Crippen molar-refractivity contribution in [3.8, 4) is 5.75 Å². The number of ether oxygens (including phenoxy) is 1. The van der Waals surface area contributed by atoms with Crippen molar-refractivity contribution in [2.45, 2.75) is 55.2 Å². The number of sulfonamides is 1. The minimum Gasteiger partial charge on any atom is -0.493 e. The van der Waals surface area contributed by atoms with Crippen LogP contribution in [0.25, 0.3) is 10.8 Å². The summed E-state index contributed by atoms with van der Waals surface area (Å²) in [5.74, 6) is 0.583. The summed E-state index contributed by atoms with van der Waals surface area (Å²) in [4.78, 5) is 18.5. The zero-order valence-corrected chi connectivity index (χ0v) is 26.8. The van der Waals surface area contributed by atoms with Gasteiger partial charge in [0.15, 0.2) is 0 Å². The van der Waals surface area contributed by atoms with Crippen LogP contribution in [0.5, 0.6) is 5.75 Å². The Kier molecular flexibility index (Phi) is 9.51. The lowest BCUT2D eigenvalue weighted by atomic mass is 9.97. The predicted octanol–water partition coefficient (Wildman–Crippen LogP) is 5.42. The molecule has 0 radical (unpaired) electrons. The highest BCUT2D eigenvalue weighted by Crippen LogP contribution is 2.34. The zero-order chi connectivity index (χ0) is 31.4. The molecule has 2 aliphatic heterocycles. The second-order valence-corrected chi connectivity index (χ2v) is 14.1. The summed E-state index contributed by atoms with van der Waals surface area (Å²) >= 11 is 0. The van der Waals surface area contributed by atoms with Gasteiger partial charge in [-0.3, -0.25) is 9.69 Å². The van der Waals surface area contributed by atoms with Crippen LogP contribution in [-0.4, -0.2) is 64.0 Å². The highest BCUT2D eigenvalue weighted by atomic mass is 32.2. The zero-order valence-electron chi connectivity index (χ0n) is 26.0. The molecule has 0 aromatic heterocycles. The summed E-state index contributed by atoms with van der Waals surface area (Å²) in [6.07, 6.45) is 2.95. The molecule has 2 atom stereocenters. The molecule has 0 bridgehead atoms. The molecule has 8 nitrogen and oxygen atoms in total. The number of nitrogens with one attached hydrogen (secondary N) is 2. The maximum absolute atomic E-state index is 13.6. The molecule has 6 rings (SSSR count). The van der Waals surface area contributed by atoms with Crippen LogP contribution in [-0.2, 0) is 21.4 Å². The lowest BCUT2D eigenvalue weighted by Crippen LogP contribution is -2.41. The van der Waals surface area contributed by atoms with Crippen LogP contribution in [0, 0.1) is 0 Å².